The van der Waals surface area contributed by atoms with Crippen molar-refractivity contribution in [3.05, 3.63) is 35.0 Å². The van der Waals surface area contributed by atoms with E-state index in [-0.39, 0.29) is 0 Å². The normalized spacial score (nSPS) is 16.9. The standard InChI is InChI=1S/C14H17N7OS/c1-19(6-12(22)11-7-23-9-15-11)10-4-20(5-10)14-3-2-13-17-16-8-21(13)18-14/h2-3,7-10,12,22H,4-6H2,1H3. The fourth-order valence-corrected chi connectivity index (χ4v) is 3.31. The number of thiazole rings is 1. The highest BCUT2D eigenvalue weighted by molar-refractivity contribution is 7.07. The molecule has 0 aliphatic carbocycles. The van der Waals surface area contributed by atoms with E-state index >= 15 is 0 Å². The van der Waals surface area contributed by atoms with Gasteiger partial charge in [-0.2, -0.15) is 4.52 Å². The zero-order valence-electron chi connectivity index (χ0n) is 12.6. The second-order valence-electron chi connectivity index (χ2n) is 5.75. The van der Waals surface area contributed by atoms with Crippen molar-refractivity contribution in [3.63, 3.8) is 0 Å². The SMILES string of the molecule is CN(CC(O)c1cscn1)C1CN(c2ccc3nncn3n2)C1. The number of aliphatic hydroxyl groups excluding tert-OH is 1. The van der Waals surface area contributed by atoms with Crippen LogP contribution < -0.4 is 4.90 Å². The highest BCUT2D eigenvalue weighted by Gasteiger charge is 2.32. The molecular weight excluding hydrogens is 314 g/mol. The molecule has 1 saturated heterocycles. The van der Waals surface area contributed by atoms with Crippen LogP contribution in [0.4, 0.5) is 5.82 Å². The molecular formula is C14H17N7OS. The van der Waals surface area contributed by atoms with Gasteiger partial charge in [-0.3, -0.25) is 4.90 Å². The molecule has 120 valence electrons. The van der Waals surface area contributed by atoms with Crippen molar-refractivity contribution in [2.24, 2.45) is 0 Å². The van der Waals surface area contributed by atoms with Crippen LogP contribution in [0.15, 0.2) is 29.4 Å². The van der Waals surface area contributed by atoms with E-state index in [4.69, 9.17) is 0 Å². The Morgan fingerprint density at radius 3 is 3.09 bits per heavy atom. The van der Waals surface area contributed by atoms with Crippen LogP contribution in [0.3, 0.4) is 0 Å². The summed E-state index contributed by atoms with van der Waals surface area (Å²) in [6.07, 6.45) is 1.07. The van der Waals surface area contributed by atoms with E-state index in [2.05, 4.69) is 30.1 Å². The van der Waals surface area contributed by atoms with Crippen molar-refractivity contribution in [3.8, 4) is 0 Å². The molecule has 1 unspecified atom stereocenters. The number of likely N-dealkylation sites (N-methyl/N-ethyl adjacent to an activating group) is 1. The molecule has 9 heteroatoms. The predicted octanol–water partition coefficient (Wildman–Crippen LogP) is 0.435. The van der Waals surface area contributed by atoms with Crippen LogP contribution in [0.5, 0.6) is 0 Å². The Morgan fingerprint density at radius 1 is 1.43 bits per heavy atom. The fourth-order valence-electron chi connectivity index (χ4n) is 2.71. The van der Waals surface area contributed by atoms with E-state index in [9.17, 15) is 5.11 Å². The fraction of sp³-hybridized carbons (Fsp3) is 0.429. The molecule has 8 nitrogen and oxygen atoms in total. The van der Waals surface area contributed by atoms with Crippen molar-refractivity contribution < 1.29 is 5.11 Å². The molecule has 0 aromatic carbocycles. The number of aliphatic hydroxyl groups is 1. The van der Waals surface area contributed by atoms with Crippen LogP contribution in [-0.4, -0.2) is 67.5 Å². The minimum atomic E-state index is -0.535. The van der Waals surface area contributed by atoms with E-state index in [1.165, 1.54) is 11.3 Å². The number of nitrogens with zero attached hydrogens (tertiary/aromatic N) is 7. The van der Waals surface area contributed by atoms with Crippen LogP contribution in [0, 0.1) is 0 Å². The van der Waals surface area contributed by atoms with Crippen molar-refractivity contribution in [2.45, 2.75) is 12.1 Å². The van der Waals surface area contributed by atoms with E-state index in [1.807, 2.05) is 24.6 Å². The van der Waals surface area contributed by atoms with Crippen LogP contribution in [0.25, 0.3) is 5.65 Å². The third-order valence-corrected chi connectivity index (χ3v) is 4.82. The van der Waals surface area contributed by atoms with Gasteiger partial charge in [0.15, 0.2) is 5.65 Å². The minimum absolute atomic E-state index is 0.404. The van der Waals surface area contributed by atoms with E-state index in [0.29, 0.717) is 12.6 Å². The number of hydrogen-bond donors (Lipinski definition) is 1. The molecule has 0 saturated carbocycles. The van der Waals surface area contributed by atoms with Crippen LogP contribution >= 0.6 is 11.3 Å². The summed E-state index contributed by atoms with van der Waals surface area (Å²) in [6.45, 7) is 2.36. The largest absolute Gasteiger partial charge is 0.385 e. The smallest absolute Gasteiger partial charge is 0.177 e. The van der Waals surface area contributed by atoms with Crippen LogP contribution in [0.1, 0.15) is 11.8 Å². The van der Waals surface area contributed by atoms with Gasteiger partial charge in [0.2, 0.25) is 0 Å². The maximum absolute atomic E-state index is 10.2. The van der Waals surface area contributed by atoms with Gasteiger partial charge in [0.05, 0.1) is 11.2 Å². The second-order valence-corrected chi connectivity index (χ2v) is 6.47. The molecule has 0 radical (unpaired) electrons. The summed E-state index contributed by atoms with van der Waals surface area (Å²) in [7, 11) is 2.04. The Morgan fingerprint density at radius 2 is 2.30 bits per heavy atom. The Balaban J connectivity index is 1.35. The topological polar surface area (TPSA) is 82.7 Å². The van der Waals surface area contributed by atoms with Crippen molar-refractivity contribution in [1.82, 2.24) is 29.7 Å². The number of fused-ring (bicyclic) bond motifs is 1. The molecule has 1 aliphatic rings. The lowest BCUT2D eigenvalue weighted by molar-refractivity contribution is 0.0921. The second kappa shape index (κ2) is 5.84. The predicted molar refractivity (Wildman–Crippen MR) is 86.5 cm³/mol. The summed E-state index contributed by atoms with van der Waals surface area (Å²) in [5.41, 5.74) is 3.24. The summed E-state index contributed by atoms with van der Waals surface area (Å²) in [4.78, 5) is 8.55. The molecule has 1 fully saturated rings. The quantitative estimate of drug-likeness (QED) is 0.726. The van der Waals surface area contributed by atoms with Gasteiger partial charge in [-0.15, -0.1) is 26.6 Å². The molecule has 3 aromatic rings. The Bertz CT molecular complexity index is 783. The number of aromatic nitrogens is 5. The molecule has 1 N–H and O–H groups in total. The summed E-state index contributed by atoms with van der Waals surface area (Å²) in [5, 5.41) is 24.4. The number of rotatable bonds is 5. The first kappa shape index (κ1) is 14.5. The molecule has 1 atom stereocenters. The summed E-state index contributed by atoms with van der Waals surface area (Å²) >= 11 is 1.50. The maximum atomic E-state index is 10.2. The Labute approximate surface area is 137 Å². The van der Waals surface area contributed by atoms with E-state index in [1.54, 1.807) is 16.4 Å². The van der Waals surface area contributed by atoms with E-state index < -0.39 is 6.10 Å². The van der Waals surface area contributed by atoms with Gasteiger partial charge in [-0.1, -0.05) is 0 Å². The average molecular weight is 331 g/mol. The van der Waals surface area contributed by atoms with Gasteiger partial charge in [0, 0.05) is 31.1 Å². The first-order chi connectivity index (χ1) is 11.2. The molecule has 0 spiro atoms. The Hall–Kier alpha value is -2.10. The number of anilines is 1. The first-order valence-electron chi connectivity index (χ1n) is 7.39. The lowest BCUT2D eigenvalue weighted by Crippen LogP contribution is -2.59. The molecule has 1 aliphatic heterocycles. The van der Waals surface area contributed by atoms with Crippen molar-refractivity contribution in [1.29, 1.82) is 0 Å². The molecule has 4 rings (SSSR count). The van der Waals surface area contributed by atoms with Crippen molar-refractivity contribution in [2.75, 3.05) is 31.6 Å². The monoisotopic (exact) mass is 331 g/mol. The summed E-state index contributed by atoms with van der Waals surface area (Å²) in [6, 6.07) is 4.28. The summed E-state index contributed by atoms with van der Waals surface area (Å²) in [5.74, 6) is 0.919. The zero-order chi connectivity index (χ0) is 15.8. The highest BCUT2D eigenvalue weighted by atomic mass is 32.1. The molecule has 23 heavy (non-hydrogen) atoms. The van der Waals surface area contributed by atoms with E-state index in [0.717, 1.165) is 30.2 Å². The minimum Gasteiger partial charge on any atom is -0.385 e. The maximum Gasteiger partial charge on any atom is 0.177 e. The van der Waals surface area contributed by atoms with Crippen LogP contribution in [0.2, 0.25) is 0 Å². The molecule has 4 heterocycles. The third kappa shape index (κ3) is 2.78. The van der Waals surface area contributed by atoms with Crippen molar-refractivity contribution >= 4 is 22.8 Å². The highest BCUT2D eigenvalue weighted by Crippen LogP contribution is 2.23. The lowest BCUT2D eigenvalue weighted by Gasteiger charge is -2.45. The average Bonchev–Trinajstić information content (AvgIpc) is 3.16. The molecule has 0 amide bonds. The van der Waals surface area contributed by atoms with Gasteiger partial charge in [-0.25, -0.2) is 4.98 Å². The van der Waals surface area contributed by atoms with Gasteiger partial charge >= 0.3 is 0 Å². The van der Waals surface area contributed by atoms with Gasteiger partial charge < -0.3 is 10.0 Å². The third-order valence-electron chi connectivity index (χ3n) is 4.21. The lowest BCUT2D eigenvalue weighted by atomic mass is 10.1. The molecule has 0 bridgehead atoms. The number of hydrogen-bond acceptors (Lipinski definition) is 8. The Kier molecular flexibility index (Phi) is 3.68. The van der Waals surface area contributed by atoms with Gasteiger partial charge in [-0.05, 0) is 19.2 Å². The zero-order valence-corrected chi connectivity index (χ0v) is 13.5. The van der Waals surface area contributed by atoms with Crippen LogP contribution in [-0.2, 0) is 0 Å². The van der Waals surface area contributed by atoms with Gasteiger partial charge in [0.1, 0.15) is 18.2 Å². The summed E-state index contributed by atoms with van der Waals surface area (Å²) < 4.78 is 1.68. The molecule has 3 aromatic heterocycles. The first-order valence-corrected chi connectivity index (χ1v) is 8.33. The van der Waals surface area contributed by atoms with Gasteiger partial charge in [0.25, 0.3) is 0 Å².